The minimum Gasteiger partial charge on any atom is -0.473 e. The molecular formula is C15H18BrN5O. The maximum absolute atomic E-state index is 6.13. The number of halogens is 1. The van der Waals surface area contributed by atoms with E-state index in [2.05, 4.69) is 36.2 Å². The highest BCUT2D eigenvalue weighted by Crippen LogP contribution is 2.30. The Morgan fingerprint density at radius 1 is 1.14 bits per heavy atom. The van der Waals surface area contributed by atoms with Crippen LogP contribution in [0.5, 0.6) is 5.88 Å². The molecule has 0 bridgehead atoms. The van der Waals surface area contributed by atoms with Crippen LogP contribution in [0.4, 0.5) is 17.3 Å². The summed E-state index contributed by atoms with van der Waals surface area (Å²) < 4.78 is 6.85. The molecule has 0 atom stereocenters. The number of anilines is 3. The Kier molecular flexibility index (Phi) is 4.72. The van der Waals surface area contributed by atoms with Crippen molar-refractivity contribution in [2.24, 2.45) is 0 Å². The van der Waals surface area contributed by atoms with Crippen molar-refractivity contribution in [2.75, 3.05) is 11.1 Å². The molecule has 1 fully saturated rings. The molecule has 116 valence electrons. The minimum absolute atomic E-state index is 0.199. The highest BCUT2D eigenvalue weighted by molar-refractivity contribution is 9.10. The quantitative estimate of drug-likeness (QED) is 0.861. The van der Waals surface area contributed by atoms with Crippen molar-refractivity contribution in [3.8, 4) is 5.88 Å². The highest BCUT2D eigenvalue weighted by Gasteiger charge is 2.18. The van der Waals surface area contributed by atoms with Gasteiger partial charge in [-0.2, -0.15) is 4.98 Å². The van der Waals surface area contributed by atoms with Crippen LogP contribution in [0.3, 0.4) is 0 Å². The van der Waals surface area contributed by atoms with Crippen LogP contribution in [0.1, 0.15) is 32.1 Å². The van der Waals surface area contributed by atoms with E-state index in [0.717, 1.165) is 17.3 Å². The lowest BCUT2D eigenvalue weighted by Crippen LogP contribution is -2.21. The highest BCUT2D eigenvalue weighted by atomic mass is 79.9. The molecular weight excluding hydrogens is 346 g/mol. The Balaban J connectivity index is 1.74. The van der Waals surface area contributed by atoms with Crippen LogP contribution in [0.25, 0.3) is 0 Å². The van der Waals surface area contributed by atoms with Crippen LogP contribution < -0.4 is 15.8 Å². The van der Waals surface area contributed by atoms with Crippen LogP contribution in [-0.4, -0.2) is 21.1 Å². The number of pyridine rings is 1. The van der Waals surface area contributed by atoms with Gasteiger partial charge in [-0.1, -0.05) is 6.42 Å². The maximum atomic E-state index is 6.13. The summed E-state index contributed by atoms with van der Waals surface area (Å²) in [5.41, 5.74) is 6.54. The number of hydrogen-bond donors (Lipinski definition) is 2. The van der Waals surface area contributed by atoms with E-state index in [1.807, 2.05) is 12.1 Å². The molecule has 0 aromatic carbocycles. The molecule has 1 aliphatic carbocycles. The van der Waals surface area contributed by atoms with Gasteiger partial charge in [0.25, 0.3) is 0 Å². The summed E-state index contributed by atoms with van der Waals surface area (Å²) in [6.45, 7) is 0. The summed E-state index contributed by atoms with van der Waals surface area (Å²) >= 11 is 3.35. The number of aromatic nitrogens is 3. The third kappa shape index (κ3) is 3.65. The van der Waals surface area contributed by atoms with Gasteiger partial charge in [0, 0.05) is 10.7 Å². The van der Waals surface area contributed by atoms with Crippen molar-refractivity contribution in [3.63, 3.8) is 0 Å². The molecule has 0 spiro atoms. The Hall–Kier alpha value is -1.89. The number of rotatable bonds is 4. The predicted molar refractivity (Wildman–Crippen MR) is 89.2 cm³/mol. The first kappa shape index (κ1) is 15.0. The van der Waals surface area contributed by atoms with Crippen molar-refractivity contribution in [2.45, 2.75) is 38.2 Å². The first-order chi connectivity index (χ1) is 10.7. The lowest BCUT2D eigenvalue weighted by Gasteiger charge is -2.23. The summed E-state index contributed by atoms with van der Waals surface area (Å²) in [7, 11) is 0. The number of hydrogen-bond acceptors (Lipinski definition) is 6. The van der Waals surface area contributed by atoms with Gasteiger partial charge in [-0.05, 0) is 53.7 Å². The summed E-state index contributed by atoms with van der Waals surface area (Å²) in [5.74, 6) is 1.62. The number of ether oxygens (including phenoxy) is 1. The number of nitrogen functional groups attached to an aromatic ring is 1. The van der Waals surface area contributed by atoms with Crippen LogP contribution in [0.15, 0.2) is 29.1 Å². The lowest BCUT2D eigenvalue weighted by molar-refractivity contribution is 0.149. The van der Waals surface area contributed by atoms with Crippen LogP contribution in [0, 0.1) is 0 Å². The van der Waals surface area contributed by atoms with Gasteiger partial charge >= 0.3 is 0 Å². The SMILES string of the molecule is Nc1c(Nc2ccc(Br)cn2)ncnc1OC1CCCCC1. The normalized spacial score (nSPS) is 15.5. The van der Waals surface area contributed by atoms with E-state index in [4.69, 9.17) is 10.5 Å². The van der Waals surface area contributed by atoms with E-state index in [-0.39, 0.29) is 6.10 Å². The van der Waals surface area contributed by atoms with Gasteiger partial charge in [-0.25, -0.2) is 9.97 Å². The van der Waals surface area contributed by atoms with Gasteiger partial charge in [0.2, 0.25) is 5.88 Å². The van der Waals surface area contributed by atoms with Crippen molar-refractivity contribution in [3.05, 3.63) is 29.1 Å². The third-order valence-corrected chi connectivity index (χ3v) is 4.12. The molecule has 2 aromatic rings. The average molecular weight is 364 g/mol. The molecule has 1 aliphatic rings. The molecule has 0 unspecified atom stereocenters. The van der Waals surface area contributed by atoms with Crippen molar-refractivity contribution < 1.29 is 4.74 Å². The van der Waals surface area contributed by atoms with Crippen LogP contribution in [0.2, 0.25) is 0 Å². The molecule has 1 saturated carbocycles. The van der Waals surface area contributed by atoms with E-state index in [0.29, 0.717) is 23.2 Å². The predicted octanol–water partition coefficient (Wildman–Crippen LogP) is 3.67. The van der Waals surface area contributed by atoms with Gasteiger partial charge in [0.1, 0.15) is 23.9 Å². The Morgan fingerprint density at radius 2 is 1.95 bits per heavy atom. The zero-order valence-electron chi connectivity index (χ0n) is 12.1. The van der Waals surface area contributed by atoms with Gasteiger partial charge in [-0.15, -0.1) is 0 Å². The molecule has 0 saturated heterocycles. The second kappa shape index (κ2) is 6.91. The molecule has 2 heterocycles. The molecule has 7 heteroatoms. The van der Waals surface area contributed by atoms with E-state index < -0.39 is 0 Å². The van der Waals surface area contributed by atoms with Gasteiger partial charge in [-0.3, -0.25) is 0 Å². The fraction of sp³-hybridized carbons (Fsp3) is 0.400. The van der Waals surface area contributed by atoms with Crippen molar-refractivity contribution in [1.82, 2.24) is 15.0 Å². The van der Waals surface area contributed by atoms with E-state index >= 15 is 0 Å². The van der Waals surface area contributed by atoms with Gasteiger partial charge in [0.05, 0.1) is 0 Å². The molecule has 0 aliphatic heterocycles. The number of nitrogens with two attached hydrogens (primary N) is 1. The fourth-order valence-corrected chi connectivity index (χ4v) is 2.72. The monoisotopic (exact) mass is 363 g/mol. The summed E-state index contributed by atoms with van der Waals surface area (Å²) in [5, 5.41) is 3.09. The Morgan fingerprint density at radius 3 is 2.68 bits per heavy atom. The molecule has 3 rings (SSSR count). The molecule has 0 amide bonds. The second-order valence-corrected chi connectivity index (χ2v) is 6.22. The first-order valence-corrected chi connectivity index (χ1v) is 8.17. The third-order valence-electron chi connectivity index (χ3n) is 3.65. The molecule has 3 N–H and O–H groups in total. The number of nitrogens with zero attached hydrogens (tertiary/aromatic N) is 3. The minimum atomic E-state index is 0.199. The number of nitrogens with one attached hydrogen (secondary N) is 1. The largest absolute Gasteiger partial charge is 0.473 e. The van der Waals surface area contributed by atoms with Crippen molar-refractivity contribution in [1.29, 1.82) is 0 Å². The standard InChI is InChI=1S/C15H18BrN5O/c16-10-6-7-12(18-8-10)21-14-13(17)15(20-9-19-14)22-11-4-2-1-3-5-11/h6-9,11H,1-5,17H2,(H,18,19,20,21). The van der Waals surface area contributed by atoms with Crippen LogP contribution >= 0.6 is 15.9 Å². The van der Waals surface area contributed by atoms with Crippen molar-refractivity contribution >= 4 is 33.3 Å². The second-order valence-electron chi connectivity index (χ2n) is 5.31. The van der Waals surface area contributed by atoms with E-state index in [1.165, 1.54) is 25.6 Å². The smallest absolute Gasteiger partial charge is 0.242 e. The first-order valence-electron chi connectivity index (χ1n) is 7.38. The maximum Gasteiger partial charge on any atom is 0.242 e. The molecule has 0 radical (unpaired) electrons. The average Bonchev–Trinajstić information content (AvgIpc) is 2.54. The summed E-state index contributed by atoms with van der Waals surface area (Å²) in [6.07, 6.45) is 9.15. The zero-order valence-corrected chi connectivity index (χ0v) is 13.7. The van der Waals surface area contributed by atoms with Gasteiger partial charge < -0.3 is 15.8 Å². The Labute approximate surface area is 137 Å². The fourth-order valence-electron chi connectivity index (χ4n) is 2.48. The summed E-state index contributed by atoms with van der Waals surface area (Å²) in [6, 6.07) is 3.74. The molecule has 6 nitrogen and oxygen atoms in total. The Bertz CT molecular complexity index is 628. The lowest BCUT2D eigenvalue weighted by atomic mass is 9.98. The molecule has 22 heavy (non-hydrogen) atoms. The summed E-state index contributed by atoms with van der Waals surface area (Å²) in [4.78, 5) is 12.6. The van der Waals surface area contributed by atoms with E-state index in [9.17, 15) is 0 Å². The molecule has 2 aromatic heterocycles. The van der Waals surface area contributed by atoms with E-state index in [1.54, 1.807) is 6.20 Å². The van der Waals surface area contributed by atoms with Crippen LogP contribution in [-0.2, 0) is 0 Å². The zero-order chi connectivity index (χ0) is 15.4. The topological polar surface area (TPSA) is 86.0 Å². The van der Waals surface area contributed by atoms with Gasteiger partial charge in [0.15, 0.2) is 5.82 Å².